The van der Waals surface area contributed by atoms with E-state index in [-0.39, 0.29) is 12.6 Å². The van der Waals surface area contributed by atoms with Gasteiger partial charge < -0.3 is 20.3 Å². The van der Waals surface area contributed by atoms with Gasteiger partial charge in [0.15, 0.2) is 11.5 Å². The van der Waals surface area contributed by atoms with Crippen LogP contribution in [0.1, 0.15) is 27.2 Å². The molecule has 0 saturated heterocycles. The van der Waals surface area contributed by atoms with Gasteiger partial charge in [-0.3, -0.25) is 0 Å². The van der Waals surface area contributed by atoms with Gasteiger partial charge in [0, 0.05) is 19.1 Å². The fourth-order valence-corrected chi connectivity index (χ4v) is 2.06. The molecular formula is C13H22N6O. The lowest BCUT2D eigenvalue weighted by Gasteiger charge is -2.27. The molecule has 2 aromatic heterocycles. The zero-order valence-electron chi connectivity index (χ0n) is 12.2. The van der Waals surface area contributed by atoms with Crippen LogP contribution in [0.2, 0.25) is 0 Å². The van der Waals surface area contributed by atoms with Crippen LogP contribution in [0, 0.1) is 0 Å². The van der Waals surface area contributed by atoms with Crippen LogP contribution in [0.25, 0.3) is 11.2 Å². The summed E-state index contributed by atoms with van der Waals surface area (Å²) in [6.45, 7) is 7.65. The van der Waals surface area contributed by atoms with Gasteiger partial charge in [-0.15, -0.1) is 0 Å². The maximum Gasteiger partial charge on any atom is 0.226 e. The zero-order chi connectivity index (χ0) is 14.5. The van der Waals surface area contributed by atoms with Crippen LogP contribution in [-0.2, 0) is 0 Å². The van der Waals surface area contributed by atoms with Gasteiger partial charge in [0.05, 0.1) is 12.9 Å². The highest BCUT2D eigenvalue weighted by molar-refractivity contribution is 5.84. The van der Waals surface area contributed by atoms with Crippen LogP contribution in [0.5, 0.6) is 0 Å². The lowest BCUT2D eigenvalue weighted by atomic mass is 10.3. The van der Waals surface area contributed by atoms with E-state index in [1.165, 1.54) is 0 Å². The number of aromatic amines is 1. The summed E-state index contributed by atoms with van der Waals surface area (Å²) >= 11 is 0. The van der Waals surface area contributed by atoms with Crippen molar-refractivity contribution in [3.63, 3.8) is 0 Å². The molecule has 0 radical (unpaired) electrons. The molecule has 110 valence electrons. The SMILES string of the molecule is CCCNc1nc(N(CCO)C(C)C)c2[nH]cnc2n1. The summed E-state index contributed by atoms with van der Waals surface area (Å²) in [7, 11) is 0. The predicted octanol–water partition coefficient (Wildman–Crippen LogP) is 1.38. The molecule has 2 heterocycles. The second kappa shape index (κ2) is 6.51. The third kappa shape index (κ3) is 2.98. The van der Waals surface area contributed by atoms with Gasteiger partial charge in [0.2, 0.25) is 5.95 Å². The van der Waals surface area contributed by atoms with E-state index in [9.17, 15) is 5.11 Å². The van der Waals surface area contributed by atoms with Crippen molar-refractivity contribution < 1.29 is 5.11 Å². The number of anilines is 2. The number of hydrogen-bond donors (Lipinski definition) is 3. The molecule has 0 aliphatic carbocycles. The second-order valence-electron chi connectivity index (χ2n) is 4.91. The van der Waals surface area contributed by atoms with Crippen molar-refractivity contribution in [2.75, 3.05) is 29.9 Å². The molecule has 7 heteroatoms. The molecule has 2 rings (SSSR count). The fourth-order valence-electron chi connectivity index (χ4n) is 2.06. The Morgan fingerprint density at radius 3 is 2.85 bits per heavy atom. The van der Waals surface area contributed by atoms with Crippen molar-refractivity contribution in [3.8, 4) is 0 Å². The topological polar surface area (TPSA) is 90.0 Å². The predicted molar refractivity (Wildman–Crippen MR) is 80.0 cm³/mol. The Labute approximate surface area is 118 Å². The van der Waals surface area contributed by atoms with E-state index in [0.717, 1.165) is 24.3 Å². The highest BCUT2D eigenvalue weighted by Gasteiger charge is 2.18. The van der Waals surface area contributed by atoms with Gasteiger partial charge in [-0.1, -0.05) is 6.92 Å². The van der Waals surface area contributed by atoms with Crippen molar-refractivity contribution >= 4 is 22.9 Å². The van der Waals surface area contributed by atoms with Gasteiger partial charge in [0.25, 0.3) is 0 Å². The highest BCUT2D eigenvalue weighted by atomic mass is 16.3. The standard InChI is InChI=1S/C13H22N6O/c1-4-5-14-13-17-11-10(15-8-16-11)12(18-13)19(6-7-20)9(2)3/h8-9,20H,4-7H2,1-3H3,(H2,14,15,16,17,18). The minimum absolute atomic E-state index is 0.0789. The van der Waals surface area contributed by atoms with Gasteiger partial charge >= 0.3 is 0 Å². The summed E-state index contributed by atoms with van der Waals surface area (Å²) < 4.78 is 0. The van der Waals surface area contributed by atoms with E-state index in [4.69, 9.17) is 0 Å². The third-order valence-corrected chi connectivity index (χ3v) is 3.04. The fraction of sp³-hybridized carbons (Fsp3) is 0.615. The summed E-state index contributed by atoms with van der Waals surface area (Å²) in [5, 5.41) is 12.4. The molecule has 7 nitrogen and oxygen atoms in total. The normalized spacial score (nSPS) is 11.2. The van der Waals surface area contributed by atoms with E-state index in [2.05, 4.69) is 46.0 Å². The molecule has 0 unspecified atom stereocenters. The molecule has 0 atom stereocenters. The average molecular weight is 278 g/mol. The van der Waals surface area contributed by atoms with E-state index < -0.39 is 0 Å². The molecule has 0 bridgehead atoms. The van der Waals surface area contributed by atoms with Crippen LogP contribution >= 0.6 is 0 Å². The van der Waals surface area contributed by atoms with E-state index in [0.29, 0.717) is 18.1 Å². The average Bonchev–Trinajstić information content (AvgIpc) is 2.89. The first-order chi connectivity index (χ1) is 9.67. The molecule has 0 aromatic carbocycles. The van der Waals surface area contributed by atoms with Crippen molar-refractivity contribution in [2.45, 2.75) is 33.2 Å². The number of aliphatic hydroxyl groups is 1. The smallest absolute Gasteiger partial charge is 0.226 e. The highest BCUT2D eigenvalue weighted by Crippen LogP contribution is 2.24. The summed E-state index contributed by atoms with van der Waals surface area (Å²) in [6, 6.07) is 0.225. The van der Waals surface area contributed by atoms with Crippen LogP contribution in [-0.4, -0.2) is 50.8 Å². The number of aliphatic hydroxyl groups excluding tert-OH is 1. The summed E-state index contributed by atoms with van der Waals surface area (Å²) in [6.07, 6.45) is 2.62. The van der Waals surface area contributed by atoms with Crippen molar-refractivity contribution in [1.29, 1.82) is 0 Å². The molecule has 0 aliphatic heterocycles. The zero-order valence-corrected chi connectivity index (χ0v) is 12.2. The Morgan fingerprint density at radius 2 is 2.20 bits per heavy atom. The number of imidazole rings is 1. The summed E-state index contributed by atoms with van der Waals surface area (Å²) in [5.41, 5.74) is 1.44. The number of hydrogen-bond acceptors (Lipinski definition) is 6. The number of fused-ring (bicyclic) bond motifs is 1. The molecule has 0 amide bonds. The maximum absolute atomic E-state index is 9.25. The molecule has 0 spiro atoms. The minimum atomic E-state index is 0.0789. The summed E-state index contributed by atoms with van der Waals surface area (Å²) in [5.74, 6) is 1.35. The van der Waals surface area contributed by atoms with Crippen molar-refractivity contribution in [1.82, 2.24) is 19.9 Å². The molecule has 0 fully saturated rings. The number of nitrogens with one attached hydrogen (secondary N) is 2. The van der Waals surface area contributed by atoms with E-state index in [1.807, 2.05) is 4.90 Å². The van der Waals surface area contributed by atoms with E-state index in [1.54, 1.807) is 6.33 Å². The van der Waals surface area contributed by atoms with Crippen LogP contribution < -0.4 is 10.2 Å². The number of H-pyrrole nitrogens is 1. The Balaban J connectivity index is 2.45. The summed E-state index contributed by atoms with van der Waals surface area (Å²) in [4.78, 5) is 18.3. The van der Waals surface area contributed by atoms with Crippen LogP contribution in [0.4, 0.5) is 11.8 Å². The monoisotopic (exact) mass is 278 g/mol. The van der Waals surface area contributed by atoms with Crippen LogP contribution in [0.15, 0.2) is 6.33 Å². The molecule has 2 aromatic rings. The third-order valence-electron chi connectivity index (χ3n) is 3.04. The number of nitrogens with zero attached hydrogens (tertiary/aromatic N) is 4. The number of rotatable bonds is 7. The van der Waals surface area contributed by atoms with Crippen molar-refractivity contribution in [2.24, 2.45) is 0 Å². The number of aromatic nitrogens is 4. The lowest BCUT2D eigenvalue weighted by molar-refractivity contribution is 0.298. The van der Waals surface area contributed by atoms with Gasteiger partial charge in [-0.2, -0.15) is 9.97 Å². The Bertz CT molecular complexity index is 553. The quantitative estimate of drug-likeness (QED) is 0.709. The molecule has 0 aliphatic rings. The van der Waals surface area contributed by atoms with Gasteiger partial charge in [-0.25, -0.2) is 4.98 Å². The molecule has 0 saturated carbocycles. The molecule has 3 N–H and O–H groups in total. The Morgan fingerprint density at radius 1 is 1.40 bits per heavy atom. The molecule has 20 heavy (non-hydrogen) atoms. The largest absolute Gasteiger partial charge is 0.395 e. The first-order valence-corrected chi connectivity index (χ1v) is 6.99. The Kier molecular flexibility index (Phi) is 4.73. The molecular weight excluding hydrogens is 256 g/mol. The first kappa shape index (κ1) is 14.5. The first-order valence-electron chi connectivity index (χ1n) is 6.99. The lowest BCUT2D eigenvalue weighted by Crippen LogP contribution is -2.34. The minimum Gasteiger partial charge on any atom is -0.395 e. The van der Waals surface area contributed by atoms with Crippen molar-refractivity contribution in [3.05, 3.63) is 6.33 Å². The Hall–Kier alpha value is -1.89. The van der Waals surface area contributed by atoms with E-state index >= 15 is 0 Å². The van der Waals surface area contributed by atoms with Crippen LogP contribution in [0.3, 0.4) is 0 Å². The second-order valence-corrected chi connectivity index (χ2v) is 4.91. The maximum atomic E-state index is 9.25. The van der Waals surface area contributed by atoms with Gasteiger partial charge in [-0.05, 0) is 20.3 Å². The van der Waals surface area contributed by atoms with Gasteiger partial charge in [0.1, 0.15) is 5.52 Å².